The van der Waals surface area contributed by atoms with Crippen LogP contribution in [0.25, 0.3) is 0 Å². The monoisotopic (exact) mass is 304 g/mol. The Bertz CT molecular complexity index is 520. The van der Waals surface area contributed by atoms with Gasteiger partial charge in [0.1, 0.15) is 0 Å². The van der Waals surface area contributed by atoms with Crippen molar-refractivity contribution in [2.24, 2.45) is 0 Å². The molecule has 0 radical (unpaired) electrons. The smallest absolute Gasteiger partial charge is 0.469 e. The highest BCUT2D eigenvalue weighted by molar-refractivity contribution is 6.62. The summed E-state index contributed by atoms with van der Waals surface area (Å²) in [6.07, 6.45) is 0.381. The van der Waals surface area contributed by atoms with Gasteiger partial charge in [-0.2, -0.15) is 0 Å². The molecule has 0 amide bonds. The van der Waals surface area contributed by atoms with E-state index < -0.39 is 0 Å². The Kier molecular flexibility index (Phi) is 4.69. The summed E-state index contributed by atoms with van der Waals surface area (Å²) < 4.78 is 16.8. The second kappa shape index (κ2) is 6.05. The topological polar surface area (TPSA) is 44.8 Å². The first-order valence-corrected chi connectivity index (χ1v) is 7.68. The van der Waals surface area contributed by atoms with Crippen LogP contribution in [0.3, 0.4) is 0 Å². The van der Waals surface area contributed by atoms with Crippen LogP contribution >= 0.6 is 0 Å². The third-order valence-electron chi connectivity index (χ3n) is 4.73. The van der Waals surface area contributed by atoms with Crippen LogP contribution in [0.2, 0.25) is 0 Å². The summed E-state index contributed by atoms with van der Waals surface area (Å²) in [5.74, 6) is -0.0673. The van der Waals surface area contributed by atoms with E-state index in [1.54, 1.807) is 0 Å². The van der Waals surface area contributed by atoms with Crippen LogP contribution in [0.5, 0.6) is 0 Å². The molecule has 1 atom stereocenters. The van der Waals surface area contributed by atoms with Gasteiger partial charge >= 0.3 is 13.1 Å². The summed E-state index contributed by atoms with van der Waals surface area (Å²) in [7, 11) is 1.06. The zero-order valence-electron chi connectivity index (χ0n) is 14.3. The molecule has 0 spiro atoms. The minimum atomic E-state index is -0.352. The largest absolute Gasteiger partial charge is 0.494 e. The number of ether oxygens (including phenoxy) is 1. The van der Waals surface area contributed by atoms with Crippen LogP contribution in [0.1, 0.15) is 52.5 Å². The van der Waals surface area contributed by atoms with E-state index in [4.69, 9.17) is 14.0 Å². The second-order valence-corrected chi connectivity index (χ2v) is 6.94. The van der Waals surface area contributed by atoms with Gasteiger partial charge in [0.2, 0.25) is 0 Å². The van der Waals surface area contributed by atoms with Crippen LogP contribution < -0.4 is 5.46 Å². The van der Waals surface area contributed by atoms with Gasteiger partial charge in [-0.1, -0.05) is 31.2 Å². The highest BCUT2D eigenvalue weighted by Crippen LogP contribution is 2.36. The molecule has 0 unspecified atom stereocenters. The van der Waals surface area contributed by atoms with Gasteiger partial charge in [-0.25, -0.2) is 0 Å². The fraction of sp³-hybridized carbons (Fsp3) is 0.588. The molecule has 1 fully saturated rings. The molecule has 1 aromatic rings. The molecule has 0 N–H and O–H groups in total. The van der Waals surface area contributed by atoms with Gasteiger partial charge < -0.3 is 14.0 Å². The lowest BCUT2D eigenvalue weighted by Gasteiger charge is -2.32. The van der Waals surface area contributed by atoms with E-state index >= 15 is 0 Å². The molecule has 1 aliphatic rings. The van der Waals surface area contributed by atoms with Crippen LogP contribution in [-0.4, -0.2) is 31.4 Å². The van der Waals surface area contributed by atoms with Crippen molar-refractivity contribution in [1.29, 1.82) is 0 Å². The van der Waals surface area contributed by atoms with E-state index in [-0.39, 0.29) is 30.2 Å². The quantitative estimate of drug-likeness (QED) is 0.634. The lowest BCUT2D eigenvalue weighted by Crippen LogP contribution is -2.41. The molecular formula is C17H25BO4. The highest BCUT2D eigenvalue weighted by atomic mass is 16.7. The zero-order chi connectivity index (χ0) is 16.5. The standard InChI is InChI=1S/C17H25BO4/c1-12(11-15(19)20-6)13-7-9-14(10-8-13)18-21-16(2,3)17(4,5)22-18/h7-10,12H,11H2,1-6H3/t12-/m0/s1. The van der Waals surface area contributed by atoms with E-state index in [1.807, 2.05) is 58.9 Å². The van der Waals surface area contributed by atoms with E-state index in [9.17, 15) is 4.79 Å². The number of hydrogen-bond acceptors (Lipinski definition) is 4. The molecular weight excluding hydrogens is 279 g/mol. The molecule has 0 bridgehead atoms. The van der Waals surface area contributed by atoms with Crippen molar-refractivity contribution in [2.45, 2.75) is 58.2 Å². The number of carbonyl (C=O) groups is 1. The summed E-state index contributed by atoms with van der Waals surface area (Å²) in [5.41, 5.74) is 1.42. The van der Waals surface area contributed by atoms with E-state index in [1.165, 1.54) is 7.11 Å². The summed E-state index contributed by atoms with van der Waals surface area (Å²) in [6, 6.07) is 8.05. The van der Waals surface area contributed by atoms with Crippen molar-refractivity contribution in [2.75, 3.05) is 7.11 Å². The van der Waals surface area contributed by atoms with Crippen molar-refractivity contribution < 1.29 is 18.8 Å². The van der Waals surface area contributed by atoms with Crippen LogP contribution in [0.15, 0.2) is 24.3 Å². The lowest BCUT2D eigenvalue weighted by atomic mass is 9.78. The summed E-state index contributed by atoms with van der Waals surface area (Å²) in [4.78, 5) is 11.4. The van der Waals surface area contributed by atoms with Crippen LogP contribution in [0.4, 0.5) is 0 Å². The molecule has 1 aliphatic heterocycles. The first-order chi connectivity index (χ1) is 10.2. The molecule has 5 heteroatoms. The maximum atomic E-state index is 11.4. The van der Waals surface area contributed by atoms with Gasteiger partial charge in [-0.3, -0.25) is 4.79 Å². The number of benzene rings is 1. The molecule has 1 aromatic carbocycles. The summed E-state index contributed by atoms with van der Waals surface area (Å²) >= 11 is 0. The molecule has 2 rings (SSSR count). The van der Waals surface area contributed by atoms with Gasteiger partial charge in [-0.15, -0.1) is 0 Å². The van der Waals surface area contributed by atoms with Crippen molar-refractivity contribution in [1.82, 2.24) is 0 Å². The van der Waals surface area contributed by atoms with Crippen molar-refractivity contribution in [3.63, 3.8) is 0 Å². The lowest BCUT2D eigenvalue weighted by molar-refractivity contribution is -0.140. The summed E-state index contributed by atoms with van der Waals surface area (Å²) in [6.45, 7) is 10.2. The van der Waals surface area contributed by atoms with Gasteiger partial charge in [0.25, 0.3) is 0 Å². The second-order valence-electron chi connectivity index (χ2n) is 6.94. The number of esters is 1. The maximum absolute atomic E-state index is 11.4. The number of rotatable bonds is 4. The van der Waals surface area contributed by atoms with Crippen molar-refractivity contribution >= 4 is 18.6 Å². The van der Waals surface area contributed by atoms with Crippen LogP contribution in [-0.2, 0) is 18.8 Å². The summed E-state index contributed by atoms with van der Waals surface area (Å²) in [5, 5.41) is 0. The molecule has 1 saturated heterocycles. The van der Waals surface area contributed by atoms with E-state index in [2.05, 4.69) is 0 Å². The van der Waals surface area contributed by atoms with Crippen molar-refractivity contribution in [3.05, 3.63) is 29.8 Å². The zero-order valence-corrected chi connectivity index (χ0v) is 14.3. The average molecular weight is 304 g/mol. The van der Waals surface area contributed by atoms with Gasteiger partial charge in [-0.05, 0) is 44.6 Å². The van der Waals surface area contributed by atoms with Crippen LogP contribution in [0, 0.1) is 0 Å². The normalized spacial score (nSPS) is 20.7. The number of methoxy groups -OCH3 is 1. The minimum Gasteiger partial charge on any atom is -0.469 e. The van der Waals surface area contributed by atoms with Gasteiger partial charge in [0, 0.05) is 0 Å². The first kappa shape index (κ1) is 17.0. The predicted octanol–water partition coefficient (Wildman–Crippen LogP) is 2.65. The Morgan fingerprint density at radius 3 is 2.09 bits per heavy atom. The predicted molar refractivity (Wildman–Crippen MR) is 87.2 cm³/mol. The molecule has 0 aliphatic carbocycles. The van der Waals surface area contributed by atoms with Crippen molar-refractivity contribution in [3.8, 4) is 0 Å². The first-order valence-electron chi connectivity index (χ1n) is 7.68. The molecule has 4 nitrogen and oxygen atoms in total. The molecule has 22 heavy (non-hydrogen) atoms. The Morgan fingerprint density at radius 2 is 1.64 bits per heavy atom. The number of carbonyl (C=O) groups excluding carboxylic acids is 1. The molecule has 0 saturated carbocycles. The van der Waals surface area contributed by atoms with E-state index in [0.29, 0.717) is 6.42 Å². The highest BCUT2D eigenvalue weighted by Gasteiger charge is 2.51. The molecule has 0 aromatic heterocycles. The number of hydrogen-bond donors (Lipinski definition) is 0. The Labute approximate surface area is 133 Å². The molecule has 1 heterocycles. The van der Waals surface area contributed by atoms with Gasteiger partial charge in [0.05, 0.1) is 24.7 Å². The van der Waals surface area contributed by atoms with Gasteiger partial charge in [0.15, 0.2) is 0 Å². The van der Waals surface area contributed by atoms with E-state index in [0.717, 1.165) is 11.0 Å². The average Bonchev–Trinajstić information content (AvgIpc) is 2.67. The third-order valence-corrected chi connectivity index (χ3v) is 4.73. The fourth-order valence-corrected chi connectivity index (χ4v) is 2.41. The SMILES string of the molecule is COC(=O)C[C@H](C)c1ccc(B2OC(C)(C)C(C)(C)O2)cc1. The third kappa shape index (κ3) is 3.36. The minimum absolute atomic E-state index is 0.125. The Hall–Kier alpha value is -1.33. The Morgan fingerprint density at radius 1 is 1.14 bits per heavy atom. The fourth-order valence-electron chi connectivity index (χ4n) is 2.41. The maximum Gasteiger partial charge on any atom is 0.494 e. The molecule has 120 valence electrons. The Balaban J connectivity index is 2.09.